The van der Waals surface area contributed by atoms with E-state index in [1.807, 2.05) is 0 Å². The van der Waals surface area contributed by atoms with Crippen molar-refractivity contribution in [2.45, 2.75) is 27.2 Å². The summed E-state index contributed by atoms with van der Waals surface area (Å²) in [5, 5.41) is 6.60. The summed E-state index contributed by atoms with van der Waals surface area (Å²) in [4.78, 5) is 25.4. The molecule has 110 valence electrons. The molecule has 1 aromatic heterocycles. The van der Waals surface area contributed by atoms with Gasteiger partial charge in [0.25, 0.3) is 5.91 Å². The van der Waals surface area contributed by atoms with Crippen molar-refractivity contribution in [1.29, 1.82) is 0 Å². The highest BCUT2D eigenvalue weighted by molar-refractivity contribution is 5.94. The lowest BCUT2D eigenvalue weighted by molar-refractivity contribution is -0.129. The number of carbonyl (C=O) groups is 2. The molecule has 0 aliphatic carbocycles. The van der Waals surface area contributed by atoms with Crippen molar-refractivity contribution < 1.29 is 14.1 Å². The van der Waals surface area contributed by atoms with Crippen LogP contribution >= 0.6 is 0 Å². The van der Waals surface area contributed by atoms with Crippen LogP contribution in [0.4, 0.5) is 0 Å². The van der Waals surface area contributed by atoms with Gasteiger partial charge < -0.3 is 14.7 Å². The quantitative estimate of drug-likeness (QED) is 0.879. The first-order valence-electron chi connectivity index (χ1n) is 6.97. The number of nitrogens with zero attached hydrogens (tertiary/aromatic N) is 2. The fourth-order valence-electron chi connectivity index (χ4n) is 2.07. The molecular formula is C14H21N3O3. The molecule has 20 heavy (non-hydrogen) atoms. The minimum Gasteiger partial charge on any atom is -0.361 e. The minimum absolute atomic E-state index is 0.0334. The normalized spacial score (nSPS) is 15.3. The Hall–Kier alpha value is -1.85. The zero-order valence-corrected chi connectivity index (χ0v) is 12.2. The molecule has 0 unspecified atom stereocenters. The fraction of sp³-hybridized carbons (Fsp3) is 0.643. The maximum absolute atomic E-state index is 12.0. The molecule has 0 atom stereocenters. The molecular weight excluding hydrogens is 258 g/mol. The Morgan fingerprint density at radius 1 is 1.50 bits per heavy atom. The molecule has 1 N–H and O–H groups in total. The number of rotatable bonds is 5. The summed E-state index contributed by atoms with van der Waals surface area (Å²) in [6.07, 6.45) is 0.972. The first kappa shape index (κ1) is 14.6. The van der Waals surface area contributed by atoms with Gasteiger partial charge in [-0.05, 0) is 19.3 Å². The van der Waals surface area contributed by atoms with Gasteiger partial charge in [-0.1, -0.05) is 19.0 Å². The molecule has 6 nitrogen and oxygen atoms in total. The smallest absolute Gasteiger partial charge is 0.276 e. The SMILES string of the molecule is Cc1cc(C(=O)N2CC(C(=O)NCCC(C)C)C2)no1. The van der Waals surface area contributed by atoms with Crippen LogP contribution in [-0.2, 0) is 4.79 Å². The molecule has 2 amide bonds. The van der Waals surface area contributed by atoms with E-state index in [0.29, 0.717) is 37.0 Å². The summed E-state index contributed by atoms with van der Waals surface area (Å²) in [6.45, 7) is 7.59. The van der Waals surface area contributed by atoms with Crippen LogP contribution in [0, 0.1) is 18.8 Å². The molecule has 1 aliphatic heterocycles. The van der Waals surface area contributed by atoms with Gasteiger partial charge in [-0.3, -0.25) is 9.59 Å². The Morgan fingerprint density at radius 2 is 2.20 bits per heavy atom. The van der Waals surface area contributed by atoms with E-state index in [2.05, 4.69) is 24.3 Å². The van der Waals surface area contributed by atoms with Gasteiger partial charge in [0, 0.05) is 25.7 Å². The van der Waals surface area contributed by atoms with Gasteiger partial charge >= 0.3 is 0 Å². The number of hydrogen-bond donors (Lipinski definition) is 1. The Bertz CT molecular complexity index is 490. The lowest BCUT2D eigenvalue weighted by Crippen LogP contribution is -2.55. The fourth-order valence-corrected chi connectivity index (χ4v) is 2.07. The Kier molecular flexibility index (Phi) is 4.42. The topological polar surface area (TPSA) is 75.4 Å². The zero-order valence-electron chi connectivity index (χ0n) is 12.2. The van der Waals surface area contributed by atoms with Crippen LogP contribution in [0.2, 0.25) is 0 Å². The van der Waals surface area contributed by atoms with Crippen LogP contribution in [0.3, 0.4) is 0 Å². The van der Waals surface area contributed by atoms with Gasteiger partial charge in [0.15, 0.2) is 5.69 Å². The van der Waals surface area contributed by atoms with Crippen molar-refractivity contribution in [2.75, 3.05) is 19.6 Å². The lowest BCUT2D eigenvalue weighted by atomic mass is 9.98. The van der Waals surface area contributed by atoms with Gasteiger partial charge in [-0.2, -0.15) is 0 Å². The van der Waals surface area contributed by atoms with Gasteiger partial charge in [0.2, 0.25) is 5.91 Å². The molecule has 0 aromatic carbocycles. The van der Waals surface area contributed by atoms with E-state index >= 15 is 0 Å². The van der Waals surface area contributed by atoms with E-state index in [-0.39, 0.29) is 17.7 Å². The second-order valence-electron chi connectivity index (χ2n) is 5.70. The highest BCUT2D eigenvalue weighted by Gasteiger charge is 2.36. The van der Waals surface area contributed by atoms with E-state index in [9.17, 15) is 9.59 Å². The van der Waals surface area contributed by atoms with Crippen LogP contribution in [0.15, 0.2) is 10.6 Å². The van der Waals surface area contributed by atoms with Gasteiger partial charge in [0.05, 0.1) is 5.92 Å². The van der Waals surface area contributed by atoms with Crippen molar-refractivity contribution in [2.24, 2.45) is 11.8 Å². The molecule has 2 heterocycles. The number of hydrogen-bond acceptors (Lipinski definition) is 4. The maximum atomic E-state index is 12.0. The number of nitrogens with one attached hydrogen (secondary N) is 1. The van der Waals surface area contributed by atoms with E-state index in [0.717, 1.165) is 6.42 Å². The monoisotopic (exact) mass is 279 g/mol. The zero-order chi connectivity index (χ0) is 14.7. The summed E-state index contributed by atoms with van der Waals surface area (Å²) in [6, 6.07) is 1.61. The summed E-state index contributed by atoms with van der Waals surface area (Å²) in [5.41, 5.74) is 0.307. The number of amides is 2. The van der Waals surface area contributed by atoms with Crippen LogP contribution in [0.1, 0.15) is 36.5 Å². The number of carbonyl (C=O) groups excluding carboxylic acids is 2. The lowest BCUT2D eigenvalue weighted by Gasteiger charge is -2.37. The average Bonchev–Trinajstić information content (AvgIpc) is 2.73. The molecule has 0 radical (unpaired) electrons. The molecule has 2 rings (SSSR count). The standard InChI is InChI=1S/C14H21N3O3/c1-9(2)4-5-15-13(18)11-7-17(8-11)14(19)12-6-10(3)20-16-12/h6,9,11H,4-5,7-8H2,1-3H3,(H,15,18). The number of aromatic nitrogens is 1. The number of aryl methyl sites for hydroxylation is 1. The molecule has 6 heteroatoms. The van der Waals surface area contributed by atoms with Crippen molar-refractivity contribution in [1.82, 2.24) is 15.4 Å². The minimum atomic E-state index is -0.173. The van der Waals surface area contributed by atoms with Crippen molar-refractivity contribution in [3.8, 4) is 0 Å². The van der Waals surface area contributed by atoms with Gasteiger partial charge in [-0.25, -0.2) is 0 Å². The average molecular weight is 279 g/mol. The molecule has 0 bridgehead atoms. The van der Waals surface area contributed by atoms with Crippen LogP contribution in [0.5, 0.6) is 0 Å². The third kappa shape index (κ3) is 3.37. The van der Waals surface area contributed by atoms with Crippen molar-refractivity contribution in [3.05, 3.63) is 17.5 Å². The summed E-state index contributed by atoms with van der Waals surface area (Å²) >= 11 is 0. The molecule has 1 aromatic rings. The third-order valence-corrected chi connectivity index (χ3v) is 3.41. The Labute approximate surface area is 118 Å². The predicted octanol–water partition coefficient (Wildman–Crippen LogP) is 1.22. The van der Waals surface area contributed by atoms with Crippen molar-refractivity contribution >= 4 is 11.8 Å². The molecule has 1 aliphatic rings. The summed E-state index contributed by atoms with van der Waals surface area (Å²) in [7, 11) is 0. The van der Waals surface area contributed by atoms with Crippen LogP contribution in [0.25, 0.3) is 0 Å². The summed E-state index contributed by atoms with van der Waals surface area (Å²) in [5.74, 6) is 0.945. The Balaban J connectivity index is 1.74. The first-order valence-corrected chi connectivity index (χ1v) is 6.97. The van der Waals surface area contributed by atoms with Gasteiger partial charge in [0.1, 0.15) is 5.76 Å². The van der Waals surface area contributed by atoms with Crippen LogP contribution in [-0.4, -0.2) is 41.5 Å². The van der Waals surface area contributed by atoms with E-state index in [1.54, 1.807) is 17.9 Å². The number of likely N-dealkylation sites (tertiary alicyclic amines) is 1. The van der Waals surface area contributed by atoms with E-state index < -0.39 is 0 Å². The maximum Gasteiger partial charge on any atom is 0.276 e. The third-order valence-electron chi connectivity index (χ3n) is 3.41. The highest BCUT2D eigenvalue weighted by Crippen LogP contribution is 2.18. The van der Waals surface area contributed by atoms with E-state index in [1.165, 1.54) is 0 Å². The molecule has 1 saturated heterocycles. The molecule has 0 saturated carbocycles. The summed E-state index contributed by atoms with van der Waals surface area (Å²) < 4.78 is 4.88. The second-order valence-corrected chi connectivity index (χ2v) is 5.70. The second kappa shape index (κ2) is 6.07. The van der Waals surface area contributed by atoms with Gasteiger partial charge in [-0.15, -0.1) is 0 Å². The van der Waals surface area contributed by atoms with Crippen molar-refractivity contribution in [3.63, 3.8) is 0 Å². The Morgan fingerprint density at radius 3 is 2.75 bits per heavy atom. The largest absolute Gasteiger partial charge is 0.361 e. The van der Waals surface area contributed by atoms with E-state index in [4.69, 9.17) is 4.52 Å². The highest BCUT2D eigenvalue weighted by atomic mass is 16.5. The predicted molar refractivity (Wildman–Crippen MR) is 73.1 cm³/mol. The first-order chi connectivity index (χ1) is 9.47. The van der Waals surface area contributed by atoms with Crippen LogP contribution < -0.4 is 5.32 Å². The molecule has 0 spiro atoms. The molecule has 1 fully saturated rings.